The van der Waals surface area contributed by atoms with Gasteiger partial charge in [-0.2, -0.15) is 0 Å². The van der Waals surface area contributed by atoms with Crippen molar-refractivity contribution in [2.75, 3.05) is 5.32 Å². The third kappa shape index (κ3) is 3.53. The van der Waals surface area contributed by atoms with Crippen LogP contribution in [0.3, 0.4) is 0 Å². The molecule has 19 heavy (non-hydrogen) atoms. The van der Waals surface area contributed by atoms with Crippen molar-refractivity contribution in [2.24, 2.45) is 0 Å². The van der Waals surface area contributed by atoms with E-state index in [4.69, 9.17) is 23.2 Å². The van der Waals surface area contributed by atoms with E-state index in [0.717, 1.165) is 0 Å². The number of rotatable bonds is 3. The molecule has 0 fully saturated rings. The minimum atomic E-state index is -0.308. The highest BCUT2D eigenvalue weighted by atomic mass is 79.9. The first kappa shape index (κ1) is 14.4. The van der Waals surface area contributed by atoms with Gasteiger partial charge < -0.3 is 10.4 Å². The summed E-state index contributed by atoms with van der Waals surface area (Å²) in [6.07, 6.45) is 0. The Morgan fingerprint density at radius 3 is 2.37 bits per heavy atom. The molecule has 0 aromatic heterocycles. The summed E-state index contributed by atoms with van der Waals surface area (Å²) in [6, 6.07) is 7.89. The number of hydrogen-bond acceptors (Lipinski definition) is 2. The second-order valence-corrected chi connectivity index (χ2v) is 5.61. The van der Waals surface area contributed by atoms with Crippen molar-refractivity contribution in [3.8, 4) is 5.75 Å². The summed E-state index contributed by atoms with van der Waals surface area (Å²) in [4.78, 5) is 0. The lowest BCUT2D eigenvalue weighted by Crippen LogP contribution is -2.01. The fraction of sp³-hybridized carbons (Fsp3) is 0.0769. The van der Waals surface area contributed by atoms with E-state index < -0.39 is 0 Å². The maximum absolute atomic E-state index is 13.6. The third-order valence-corrected chi connectivity index (χ3v) is 3.58. The molecule has 2 aromatic carbocycles. The molecule has 2 nitrogen and oxygen atoms in total. The third-order valence-electron chi connectivity index (χ3n) is 2.51. The SMILES string of the molecule is Oc1c(Cl)cc(NCc2ccc(Br)cc2F)cc1Cl. The largest absolute Gasteiger partial charge is 0.505 e. The number of aromatic hydroxyl groups is 1. The summed E-state index contributed by atoms with van der Waals surface area (Å²) in [5, 5.41) is 12.7. The molecule has 0 saturated heterocycles. The number of phenolic OH excluding ortho intramolecular Hbond substituents is 1. The van der Waals surface area contributed by atoms with E-state index in [0.29, 0.717) is 15.7 Å². The highest BCUT2D eigenvalue weighted by Crippen LogP contribution is 2.34. The van der Waals surface area contributed by atoms with Crippen LogP contribution in [0.25, 0.3) is 0 Å². The van der Waals surface area contributed by atoms with Gasteiger partial charge in [0.1, 0.15) is 5.82 Å². The number of halogens is 4. The molecule has 0 saturated carbocycles. The van der Waals surface area contributed by atoms with Crippen LogP contribution in [0.2, 0.25) is 10.0 Å². The fourth-order valence-electron chi connectivity index (χ4n) is 1.53. The zero-order valence-electron chi connectivity index (χ0n) is 9.55. The zero-order chi connectivity index (χ0) is 14.0. The van der Waals surface area contributed by atoms with E-state index in [1.54, 1.807) is 12.1 Å². The molecule has 2 rings (SSSR count). The number of nitrogens with one attached hydrogen (secondary N) is 1. The van der Waals surface area contributed by atoms with Crippen molar-refractivity contribution in [1.29, 1.82) is 0 Å². The van der Waals surface area contributed by atoms with Gasteiger partial charge in [0.05, 0.1) is 10.0 Å². The Bertz CT molecular complexity index is 599. The summed E-state index contributed by atoms with van der Waals surface area (Å²) in [5.41, 5.74) is 1.12. The van der Waals surface area contributed by atoms with Crippen LogP contribution in [0.5, 0.6) is 5.75 Å². The Labute approximate surface area is 128 Å². The highest BCUT2D eigenvalue weighted by Gasteiger charge is 2.07. The lowest BCUT2D eigenvalue weighted by molar-refractivity contribution is 0.476. The zero-order valence-corrected chi connectivity index (χ0v) is 12.7. The lowest BCUT2D eigenvalue weighted by atomic mass is 10.2. The predicted molar refractivity (Wildman–Crippen MR) is 79.6 cm³/mol. The smallest absolute Gasteiger partial charge is 0.152 e. The van der Waals surface area contributed by atoms with Crippen molar-refractivity contribution in [2.45, 2.75) is 6.54 Å². The van der Waals surface area contributed by atoms with Gasteiger partial charge in [-0.3, -0.25) is 0 Å². The molecule has 0 bridgehead atoms. The number of benzene rings is 2. The number of hydrogen-bond donors (Lipinski definition) is 2. The van der Waals surface area contributed by atoms with Gasteiger partial charge in [0, 0.05) is 22.3 Å². The molecule has 2 aromatic rings. The Morgan fingerprint density at radius 2 is 1.79 bits per heavy atom. The van der Waals surface area contributed by atoms with Gasteiger partial charge in [-0.25, -0.2) is 4.39 Å². The molecule has 0 aliphatic heterocycles. The van der Waals surface area contributed by atoms with Gasteiger partial charge in [0.2, 0.25) is 0 Å². The van der Waals surface area contributed by atoms with Crippen molar-refractivity contribution >= 4 is 44.8 Å². The van der Waals surface area contributed by atoms with Crippen molar-refractivity contribution in [1.82, 2.24) is 0 Å². The monoisotopic (exact) mass is 363 g/mol. The Balaban J connectivity index is 2.14. The van der Waals surface area contributed by atoms with Crippen LogP contribution in [-0.4, -0.2) is 5.11 Å². The summed E-state index contributed by atoms with van der Waals surface area (Å²) < 4.78 is 14.3. The number of phenols is 1. The van der Waals surface area contributed by atoms with Crippen LogP contribution in [-0.2, 0) is 6.54 Å². The molecule has 0 aliphatic carbocycles. The molecule has 0 spiro atoms. The fourth-order valence-corrected chi connectivity index (χ4v) is 2.35. The summed E-state index contributed by atoms with van der Waals surface area (Å²) >= 11 is 14.8. The van der Waals surface area contributed by atoms with Gasteiger partial charge in [0.25, 0.3) is 0 Å². The Kier molecular flexibility index (Phi) is 4.55. The van der Waals surface area contributed by atoms with E-state index in [1.807, 2.05) is 0 Å². The molecule has 0 aliphatic rings. The van der Waals surface area contributed by atoms with Crippen LogP contribution >= 0.6 is 39.1 Å². The van der Waals surface area contributed by atoms with E-state index in [-0.39, 0.29) is 28.2 Å². The van der Waals surface area contributed by atoms with E-state index in [9.17, 15) is 9.50 Å². The van der Waals surface area contributed by atoms with E-state index >= 15 is 0 Å². The van der Waals surface area contributed by atoms with Gasteiger partial charge in [-0.05, 0) is 24.3 Å². The van der Waals surface area contributed by atoms with Crippen molar-refractivity contribution in [3.05, 3.63) is 56.2 Å². The minimum absolute atomic E-state index is 0.145. The molecular weight excluding hydrogens is 356 g/mol. The lowest BCUT2D eigenvalue weighted by Gasteiger charge is -2.09. The second-order valence-electron chi connectivity index (χ2n) is 3.88. The first-order chi connectivity index (χ1) is 8.97. The van der Waals surface area contributed by atoms with Gasteiger partial charge in [-0.15, -0.1) is 0 Å². The van der Waals surface area contributed by atoms with Crippen LogP contribution in [0.4, 0.5) is 10.1 Å². The van der Waals surface area contributed by atoms with Gasteiger partial charge in [-0.1, -0.05) is 45.2 Å². The normalized spacial score (nSPS) is 10.5. The maximum atomic E-state index is 13.6. The van der Waals surface area contributed by atoms with E-state index in [1.165, 1.54) is 18.2 Å². The van der Waals surface area contributed by atoms with Gasteiger partial charge >= 0.3 is 0 Å². The summed E-state index contributed by atoms with van der Waals surface area (Å²) in [5.74, 6) is -0.471. The Morgan fingerprint density at radius 1 is 1.16 bits per heavy atom. The van der Waals surface area contributed by atoms with Crippen LogP contribution < -0.4 is 5.32 Å². The second kappa shape index (κ2) is 5.99. The molecular formula is C13H9BrCl2FNO. The quantitative estimate of drug-likeness (QED) is 0.732. The van der Waals surface area contributed by atoms with Crippen LogP contribution in [0.1, 0.15) is 5.56 Å². The molecule has 0 radical (unpaired) electrons. The predicted octanol–water partition coefficient (Wildman–Crippen LogP) is 5.21. The van der Waals surface area contributed by atoms with Gasteiger partial charge in [0.15, 0.2) is 5.75 Å². The molecule has 0 atom stereocenters. The molecule has 100 valence electrons. The van der Waals surface area contributed by atoms with Crippen molar-refractivity contribution in [3.63, 3.8) is 0 Å². The molecule has 0 heterocycles. The molecule has 0 unspecified atom stereocenters. The molecule has 6 heteroatoms. The standard InChI is InChI=1S/C13H9BrCl2FNO/c14-8-2-1-7(12(17)3-8)6-18-9-4-10(15)13(19)11(16)5-9/h1-5,18-19H,6H2. The highest BCUT2D eigenvalue weighted by molar-refractivity contribution is 9.10. The Hall–Kier alpha value is -0.970. The summed E-state index contributed by atoms with van der Waals surface area (Å²) in [6.45, 7) is 0.288. The first-order valence-electron chi connectivity index (χ1n) is 5.33. The van der Waals surface area contributed by atoms with E-state index in [2.05, 4.69) is 21.2 Å². The van der Waals surface area contributed by atoms with Crippen LogP contribution in [0.15, 0.2) is 34.8 Å². The first-order valence-corrected chi connectivity index (χ1v) is 6.88. The topological polar surface area (TPSA) is 32.3 Å². The molecule has 2 N–H and O–H groups in total. The molecule has 0 amide bonds. The maximum Gasteiger partial charge on any atom is 0.152 e. The van der Waals surface area contributed by atoms with Crippen molar-refractivity contribution < 1.29 is 9.50 Å². The minimum Gasteiger partial charge on any atom is -0.505 e. The average molecular weight is 365 g/mol. The summed E-state index contributed by atoms with van der Waals surface area (Å²) in [7, 11) is 0. The number of anilines is 1. The average Bonchev–Trinajstić information content (AvgIpc) is 2.34. The van der Waals surface area contributed by atoms with Crippen LogP contribution in [0, 0.1) is 5.82 Å².